The fourth-order valence-corrected chi connectivity index (χ4v) is 7.77. The third kappa shape index (κ3) is 7.63. The topological polar surface area (TPSA) is 57.2 Å². The number of pyridine rings is 1. The van der Waals surface area contributed by atoms with Gasteiger partial charge in [-0.3, -0.25) is 0 Å². The van der Waals surface area contributed by atoms with E-state index in [0.717, 1.165) is 66.9 Å². The number of nitrogens with zero attached hydrogens (tertiary/aromatic N) is 1. The van der Waals surface area contributed by atoms with Gasteiger partial charge < -0.3 is 15.7 Å². The highest BCUT2D eigenvalue weighted by atomic mass is 32.2. The monoisotopic (exact) mass is 615 g/mol. The van der Waals surface area contributed by atoms with Crippen LogP contribution < -0.4 is 10.6 Å². The average Bonchev–Trinajstić information content (AvgIpc) is 3.36. The first-order valence-electron chi connectivity index (χ1n) is 14.9. The van der Waals surface area contributed by atoms with Crippen molar-refractivity contribution in [1.82, 2.24) is 15.6 Å². The Labute approximate surface area is 247 Å². The SMILES string of the molecule is OCSCCC(CNCCNC[C@H]1CCCC1C1C[C@H]2C[C@@H]12)c1ccc(-c2ccc(C(F)(F)F)cc2)nc1C(F)(F)F. The van der Waals surface area contributed by atoms with Gasteiger partial charge in [-0.1, -0.05) is 24.6 Å². The molecule has 5 rings (SSSR count). The van der Waals surface area contributed by atoms with Crippen LogP contribution in [-0.4, -0.2) is 48.0 Å². The predicted molar refractivity (Wildman–Crippen MR) is 153 cm³/mol. The van der Waals surface area contributed by atoms with Crippen LogP contribution in [0, 0.1) is 29.6 Å². The lowest BCUT2D eigenvalue weighted by atomic mass is 9.71. The van der Waals surface area contributed by atoms with Crippen LogP contribution in [0.3, 0.4) is 0 Å². The van der Waals surface area contributed by atoms with Gasteiger partial charge in [0, 0.05) is 25.2 Å². The third-order valence-electron chi connectivity index (χ3n) is 9.49. The maximum Gasteiger partial charge on any atom is 0.433 e. The second-order valence-corrected chi connectivity index (χ2v) is 13.1. The minimum Gasteiger partial charge on any atom is -0.386 e. The van der Waals surface area contributed by atoms with Gasteiger partial charge in [0.25, 0.3) is 0 Å². The van der Waals surface area contributed by atoms with Crippen LogP contribution in [0.15, 0.2) is 36.4 Å². The normalized spacial score (nSPS) is 26.1. The second kappa shape index (κ2) is 13.4. The first kappa shape index (κ1) is 31.6. The first-order valence-corrected chi connectivity index (χ1v) is 16.1. The smallest absolute Gasteiger partial charge is 0.386 e. The number of hydrogen-bond acceptors (Lipinski definition) is 5. The number of nitrogens with one attached hydrogen (secondary N) is 2. The lowest BCUT2D eigenvalue weighted by Crippen LogP contribution is -2.36. The molecule has 3 saturated carbocycles. The minimum atomic E-state index is -4.74. The number of hydrogen-bond donors (Lipinski definition) is 3. The molecule has 232 valence electrons. The summed E-state index contributed by atoms with van der Waals surface area (Å²) in [6.45, 7) is 2.66. The second-order valence-electron chi connectivity index (χ2n) is 12.1. The van der Waals surface area contributed by atoms with Crippen molar-refractivity contribution in [1.29, 1.82) is 0 Å². The Kier molecular flexibility index (Phi) is 10.1. The van der Waals surface area contributed by atoms with E-state index in [0.29, 0.717) is 25.3 Å². The van der Waals surface area contributed by atoms with Gasteiger partial charge in [-0.25, -0.2) is 4.98 Å². The zero-order valence-corrected chi connectivity index (χ0v) is 24.3. The van der Waals surface area contributed by atoms with Gasteiger partial charge in [-0.05, 0) is 104 Å². The van der Waals surface area contributed by atoms with Crippen molar-refractivity contribution in [2.24, 2.45) is 29.6 Å². The van der Waals surface area contributed by atoms with Crippen molar-refractivity contribution in [3.63, 3.8) is 0 Å². The fourth-order valence-electron chi connectivity index (χ4n) is 7.19. The molecule has 4 nitrogen and oxygen atoms in total. The number of fused-ring (bicyclic) bond motifs is 1. The van der Waals surface area contributed by atoms with Crippen LogP contribution in [0.1, 0.15) is 61.3 Å². The Morgan fingerprint density at radius 2 is 1.62 bits per heavy atom. The molecule has 42 heavy (non-hydrogen) atoms. The lowest BCUT2D eigenvalue weighted by Gasteiger charge is -2.35. The summed E-state index contributed by atoms with van der Waals surface area (Å²) >= 11 is 1.24. The van der Waals surface area contributed by atoms with Crippen LogP contribution in [0.2, 0.25) is 0 Å². The first-order chi connectivity index (χ1) is 20.1. The minimum absolute atomic E-state index is 0.0373. The Balaban J connectivity index is 1.19. The zero-order valence-electron chi connectivity index (χ0n) is 23.5. The quantitative estimate of drug-likeness (QED) is 0.119. The molecule has 2 aromatic rings. The van der Waals surface area contributed by atoms with Crippen LogP contribution in [0.4, 0.5) is 26.3 Å². The molecule has 1 heterocycles. The van der Waals surface area contributed by atoms with Crippen molar-refractivity contribution >= 4 is 11.8 Å². The molecule has 11 heteroatoms. The molecule has 3 N–H and O–H groups in total. The van der Waals surface area contributed by atoms with E-state index in [1.165, 1.54) is 56.0 Å². The summed E-state index contributed by atoms with van der Waals surface area (Å²) in [5, 5.41) is 16.1. The van der Waals surface area contributed by atoms with Crippen molar-refractivity contribution in [2.45, 2.75) is 56.8 Å². The molecule has 3 aliphatic rings. The summed E-state index contributed by atoms with van der Waals surface area (Å²) in [7, 11) is 0. The van der Waals surface area contributed by atoms with E-state index in [9.17, 15) is 31.4 Å². The highest BCUT2D eigenvalue weighted by Gasteiger charge is 2.57. The molecule has 0 radical (unpaired) electrons. The van der Waals surface area contributed by atoms with Crippen molar-refractivity contribution in [3.05, 3.63) is 53.2 Å². The van der Waals surface area contributed by atoms with Gasteiger partial charge >= 0.3 is 12.4 Å². The zero-order chi connectivity index (χ0) is 29.9. The van der Waals surface area contributed by atoms with Crippen molar-refractivity contribution < 1.29 is 31.4 Å². The molecule has 3 fully saturated rings. The molecule has 1 aromatic heterocycles. The molecule has 3 unspecified atom stereocenters. The number of aliphatic hydroxyl groups excluding tert-OH is 1. The number of alkyl halides is 6. The summed E-state index contributed by atoms with van der Waals surface area (Å²) in [6, 6.07) is 6.78. The highest BCUT2D eigenvalue weighted by molar-refractivity contribution is 7.99. The van der Waals surface area contributed by atoms with E-state index in [1.54, 1.807) is 0 Å². The maximum absolute atomic E-state index is 14.2. The Morgan fingerprint density at radius 1 is 0.881 bits per heavy atom. The number of benzene rings is 1. The van der Waals surface area contributed by atoms with E-state index >= 15 is 0 Å². The predicted octanol–water partition coefficient (Wildman–Crippen LogP) is 7.19. The highest BCUT2D eigenvalue weighted by Crippen LogP contribution is 2.64. The number of halogens is 6. The summed E-state index contributed by atoms with van der Waals surface area (Å²) < 4.78 is 81.4. The Morgan fingerprint density at radius 3 is 2.26 bits per heavy atom. The summed E-state index contributed by atoms with van der Waals surface area (Å²) in [4.78, 5) is 3.90. The summed E-state index contributed by atoms with van der Waals surface area (Å²) in [5.41, 5.74) is -1.72. The van der Waals surface area contributed by atoms with Gasteiger partial charge in [0.1, 0.15) is 5.69 Å². The van der Waals surface area contributed by atoms with Gasteiger partial charge in [0.2, 0.25) is 0 Å². The molecule has 0 saturated heterocycles. The Bertz CT molecular complexity index is 1170. The van der Waals surface area contributed by atoms with Crippen LogP contribution in [-0.2, 0) is 12.4 Å². The van der Waals surface area contributed by atoms with E-state index in [-0.39, 0.29) is 22.8 Å². The molecular formula is C31H39F6N3OS. The fraction of sp³-hybridized carbons (Fsp3) is 0.645. The van der Waals surface area contributed by atoms with Gasteiger partial charge in [0.05, 0.1) is 17.2 Å². The molecule has 1 aromatic carbocycles. The van der Waals surface area contributed by atoms with Crippen LogP contribution >= 0.6 is 11.8 Å². The largest absolute Gasteiger partial charge is 0.433 e. The maximum atomic E-state index is 14.2. The van der Waals surface area contributed by atoms with Crippen molar-refractivity contribution in [3.8, 4) is 11.3 Å². The lowest BCUT2D eigenvalue weighted by molar-refractivity contribution is -0.142. The molecule has 3 aliphatic carbocycles. The average molecular weight is 616 g/mol. The van der Waals surface area contributed by atoms with E-state index in [2.05, 4.69) is 15.6 Å². The van der Waals surface area contributed by atoms with Gasteiger partial charge in [0.15, 0.2) is 0 Å². The number of thioether (sulfide) groups is 1. The van der Waals surface area contributed by atoms with E-state index in [4.69, 9.17) is 0 Å². The van der Waals surface area contributed by atoms with E-state index < -0.39 is 29.5 Å². The van der Waals surface area contributed by atoms with Crippen LogP contribution in [0.5, 0.6) is 0 Å². The molecular weight excluding hydrogens is 576 g/mol. The molecule has 0 amide bonds. The Hall–Kier alpha value is -1.82. The molecule has 0 aliphatic heterocycles. The summed E-state index contributed by atoms with van der Waals surface area (Å²) in [6.07, 6.45) is -2.08. The third-order valence-corrected chi connectivity index (χ3v) is 10.2. The standard InChI is InChI=1S/C31H39F6N3OS/c32-30(33,34)23-6-4-19(5-7-23)28-9-8-25(29(40-28)31(35,36)37)21(10-13-42-18-41)17-39-12-11-38-16-20-2-1-3-24(20)27-15-22-14-26(22)27/h4-9,20-22,24,26-27,38-39,41H,1-3,10-18H2/t20-,21?,22-,24?,26-,27?/m1/s1. The van der Waals surface area contributed by atoms with Crippen molar-refractivity contribution in [2.75, 3.05) is 37.9 Å². The van der Waals surface area contributed by atoms with E-state index in [1.807, 2.05) is 0 Å². The molecule has 0 spiro atoms. The van der Waals surface area contributed by atoms with Crippen LogP contribution in [0.25, 0.3) is 11.3 Å². The van der Waals surface area contributed by atoms with Gasteiger partial charge in [-0.2, -0.15) is 26.3 Å². The number of rotatable bonds is 14. The number of aliphatic hydroxyl groups is 1. The molecule has 0 bridgehead atoms. The number of aromatic nitrogens is 1. The summed E-state index contributed by atoms with van der Waals surface area (Å²) in [5.74, 6) is 4.38. The van der Waals surface area contributed by atoms with Gasteiger partial charge in [-0.15, -0.1) is 11.8 Å². The molecule has 6 atom stereocenters.